The Hall–Kier alpha value is -0.0800. The molecule has 0 saturated carbocycles. The van der Waals surface area contributed by atoms with E-state index in [9.17, 15) is 10.2 Å². The molecular weight excluding hydrogens is 464 g/mol. The molecule has 0 spiro atoms. The van der Waals surface area contributed by atoms with Gasteiger partial charge in [-0.15, -0.1) is 0 Å². The summed E-state index contributed by atoms with van der Waals surface area (Å²) in [5.41, 5.74) is -0.531. The fourth-order valence-corrected chi connectivity index (χ4v) is 6.08. The first-order valence-corrected chi connectivity index (χ1v) is 18.0. The van der Waals surface area contributed by atoms with Crippen molar-refractivity contribution in [3.05, 3.63) is 0 Å². The zero-order valence-electron chi connectivity index (χ0n) is 26.7. The highest BCUT2D eigenvalue weighted by atomic mass is 16.3. The number of aliphatic hydroxyl groups is 2. The lowest BCUT2D eigenvalue weighted by molar-refractivity contribution is 0.00392. The van der Waals surface area contributed by atoms with Crippen molar-refractivity contribution in [3.8, 4) is 0 Å². The van der Waals surface area contributed by atoms with Crippen LogP contribution in [0.25, 0.3) is 0 Å². The van der Waals surface area contributed by atoms with Gasteiger partial charge in [-0.1, -0.05) is 194 Å². The van der Waals surface area contributed by atoms with Crippen LogP contribution in [0.1, 0.15) is 219 Å². The van der Waals surface area contributed by atoms with E-state index in [-0.39, 0.29) is 6.61 Å². The molecule has 0 aromatic carbocycles. The molecule has 2 N–H and O–H groups in total. The van der Waals surface area contributed by atoms with Gasteiger partial charge in [-0.3, -0.25) is 0 Å². The Balaban J connectivity index is 3.62. The minimum atomic E-state index is -0.531. The molecule has 0 aliphatic rings. The van der Waals surface area contributed by atoms with Crippen molar-refractivity contribution >= 4 is 0 Å². The van der Waals surface area contributed by atoms with E-state index in [2.05, 4.69) is 13.8 Å². The quantitative estimate of drug-likeness (QED) is 0.0815. The minimum Gasteiger partial charge on any atom is -0.396 e. The maximum Gasteiger partial charge on any atom is 0.0648 e. The molecule has 0 heterocycles. The lowest BCUT2D eigenvalue weighted by Crippen LogP contribution is -2.29. The van der Waals surface area contributed by atoms with Gasteiger partial charge in [-0.25, -0.2) is 0 Å². The van der Waals surface area contributed by atoms with Gasteiger partial charge in [-0.2, -0.15) is 0 Å². The first-order valence-electron chi connectivity index (χ1n) is 18.0. The molecule has 0 rings (SSSR count). The van der Waals surface area contributed by atoms with Crippen molar-refractivity contribution in [2.45, 2.75) is 225 Å². The Morgan fingerprint density at radius 1 is 0.316 bits per heavy atom. The minimum absolute atomic E-state index is 0.208. The number of unbranched alkanes of at least 4 members (excludes halogenated alkanes) is 26. The molecule has 230 valence electrons. The first kappa shape index (κ1) is 37.9. The van der Waals surface area contributed by atoms with Gasteiger partial charge in [0.2, 0.25) is 0 Å². The predicted octanol–water partition coefficient (Wildman–Crippen LogP) is 12.2. The van der Waals surface area contributed by atoms with Crippen molar-refractivity contribution in [2.24, 2.45) is 0 Å². The topological polar surface area (TPSA) is 40.5 Å². The molecule has 0 aliphatic carbocycles. The van der Waals surface area contributed by atoms with Crippen LogP contribution in [0.3, 0.4) is 0 Å². The molecular formula is C36H74O2. The van der Waals surface area contributed by atoms with Gasteiger partial charge in [0.15, 0.2) is 0 Å². The van der Waals surface area contributed by atoms with E-state index in [1.165, 1.54) is 167 Å². The summed E-state index contributed by atoms with van der Waals surface area (Å²) in [5, 5.41) is 20.5. The van der Waals surface area contributed by atoms with Gasteiger partial charge in [-0.05, 0) is 25.7 Å². The van der Waals surface area contributed by atoms with E-state index in [1.54, 1.807) is 0 Å². The average Bonchev–Trinajstić information content (AvgIpc) is 2.92. The summed E-state index contributed by atoms with van der Waals surface area (Å²) in [4.78, 5) is 0. The third kappa shape index (κ3) is 28.9. The Morgan fingerprint density at radius 3 is 0.763 bits per heavy atom. The van der Waals surface area contributed by atoms with E-state index in [0.29, 0.717) is 0 Å². The molecule has 2 heteroatoms. The molecule has 0 bridgehead atoms. The van der Waals surface area contributed by atoms with Crippen LogP contribution >= 0.6 is 0 Å². The Kier molecular flexibility index (Phi) is 31.4. The van der Waals surface area contributed by atoms with E-state index in [4.69, 9.17) is 0 Å². The van der Waals surface area contributed by atoms with Crippen LogP contribution in [0, 0.1) is 0 Å². The lowest BCUT2D eigenvalue weighted by Gasteiger charge is -2.28. The predicted molar refractivity (Wildman–Crippen MR) is 171 cm³/mol. The molecule has 0 saturated heterocycles. The Bertz CT molecular complexity index is 390. The SMILES string of the molecule is CCCCCCCCCCCCCCCCC(O)(CCCO)CCCCCCCCCCCCCCCC. The maximum absolute atomic E-state index is 11.2. The van der Waals surface area contributed by atoms with Crippen molar-refractivity contribution in [2.75, 3.05) is 6.61 Å². The smallest absolute Gasteiger partial charge is 0.0648 e. The maximum atomic E-state index is 11.2. The van der Waals surface area contributed by atoms with Crippen molar-refractivity contribution in [1.82, 2.24) is 0 Å². The number of hydrogen-bond donors (Lipinski definition) is 2. The highest BCUT2D eigenvalue weighted by molar-refractivity contribution is 4.78. The molecule has 0 unspecified atom stereocenters. The van der Waals surface area contributed by atoms with Crippen LogP contribution in [-0.2, 0) is 0 Å². The number of hydrogen-bond acceptors (Lipinski definition) is 2. The second-order valence-corrected chi connectivity index (χ2v) is 12.7. The van der Waals surface area contributed by atoms with Crippen LogP contribution in [-0.4, -0.2) is 22.4 Å². The number of aliphatic hydroxyl groups excluding tert-OH is 1. The van der Waals surface area contributed by atoms with Crippen LogP contribution in [0.2, 0.25) is 0 Å². The Labute approximate surface area is 241 Å². The second-order valence-electron chi connectivity index (χ2n) is 12.7. The summed E-state index contributed by atoms with van der Waals surface area (Å²) in [7, 11) is 0. The molecule has 2 nitrogen and oxygen atoms in total. The van der Waals surface area contributed by atoms with E-state index in [1.807, 2.05) is 0 Å². The normalized spacial score (nSPS) is 12.0. The van der Waals surface area contributed by atoms with Crippen LogP contribution in [0.4, 0.5) is 0 Å². The van der Waals surface area contributed by atoms with Crippen LogP contribution in [0.15, 0.2) is 0 Å². The van der Waals surface area contributed by atoms with Crippen molar-refractivity contribution in [3.63, 3.8) is 0 Å². The average molecular weight is 539 g/mol. The van der Waals surface area contributed by atoms with Gasteiger partial charge in [0, 0.05) is 6.61 Å². The monoisotopic (exact) mass is 539 g/mol. The standard InChI is InChI=1S/C36H74O2/c1-3-5-7-9-11-13-15-17-19-21-23-25-27-29-32-36(38,34-31-35-37)33-30-28-26-24-22-20-18-16-14-12-10-8-6-4-2/h37-38H,3-35H2,1-2H3. The van der Waals surface area contributed by atoms with Gasteiger partial charge < -0.3 is 10.2 Å². The molecule has 0 atom stereocenters. The zero-order chi connectivity index (χ0) is 27.8. The highest BCUT2D eigenvalue weighted by Crippen LogP contribution is 2.28. The molecule has 0 radical (unpaired) electrons. The van der Waals surface area contributed by atoms with E-state index < -0.39 is 5.60 Å². The van der Waals surface area contributed by atoms with Gasteiger partial charge in [0.05, 0.1) is 5.60 Å². The fourth-order valence-electron chi connectivity index (χ4n) is 6.08. The highest BCUT2D eigenvalue weighted by Gasteiger charge is 2.25. The summed E-state index contributed by atoms with van der Waals surface area (Å²) in [6, 6.07) is 0. The molecule has 0 aromatic heterocycles. The summed E-state index contributed by atoms with van der Waals surface area (Å²) in [6.07, 6.45) is 42.0. The van der Waals surface area contributed by atoms with Gasteiger partial charge >= 0.3 is 0 Å². The van der Waals surface area contributed by atoms with E-state index in [0.717, 1.165) is 38.5 Å². The summed E-state index contributed by atoms with van der Waals surface area (Å²) >= 11 is 0. The molecule has 38 heavy (non-hydrogen) atoms. The third-order valence-corrected chi connectivity index (χ3v) is 8.79. The van der Waals surface area contributed by atoms with Crippen LogP contribution < -0.4 is 0 Å². The molecule has 0 aromatic rings. The van der Waals surface area contributed by atoms with Crippen LogP contribution in [0.5, 0.6) is 0 Å². The number of rotatable bonds is 33. The van der Waals surface area contributed by atoms with Crippen molar-refractivity contribution in [1.29, 1.82) is 0 Å². The summed E-state index contributed by atoms with van der Waals surface area (Å²) in [5.74, 6) is 0. The Morgan fingerprint density at radius 2 is 0.526 bits per heavy atom. The fraction of sp³-hybridized carbons (Fsp3) is 1.00. The first-order chi connectivity index (χ1) is 18.7. The molecule has 0 aliphatic heterocycles. The third-order valence-electron chi connectivity index (χ3n) is 8.79. The zero-order valence-corrected chi connectivity index (χ0v) is 26.7. The van der Waals surface area contributed by atoms with Gasteiger partial charge in [0.1, 0.15) is 0 Å². The van der Waals surface area contributed by atoms with E-state index >= 15 is 0 Å². The second kappa shape index (κ2) is 31.4. The summed E-state index contributed by atoms with van der Waals surface area (Å²) < 4.78 is 0. The lowest BCUT2D eigenvalue weighted by atomic mass is 9.86. The summed E-state index contributed by atoms with van der Waals surface area (Å²) in [6.45, 7) is 4.79. The largest absolute Gasteiger partial charge is 0.396 e. The van der Waals surface area contributed by atoms with Gasteiger partial charge in [0.25, 0.3) is 0 Å². The molecule has 0 fully saturated rings. The van der Waals surface area contributed by atoms with Crippen molar-refractivity contribution < 1.29 is 10.2 Å². The molecule has 0 amide bonds.